The van der Waals surface area contributed by atoms with Gasteiger partial charge in [-0.25, -0.2) is 4.99 Å². The Kier molecular flexibility index (Phi) is 5.72. The van der Waals surface area contributed by atoms with Crippen LogP contribution in [-0.4, -0.2) is 33.8 Å². The fourth-order valence-corrected chi connectivity index (χ4v) is 3.38. The molecule has 0 saturated carbocycles. The standard InChI is InChI=1S/C23H16F3N3O3/c24-23(25,26)32-18-10-8-17(9-11-18)28-20-19(16-6-2-1-3-7-16)21(30)29(22(20)31)14-15-5-4-12-27-13-15/h1-13,19H,14H2. The van der Waals surface area contributed by atoms with Crippen LogP contribution in [0.25, 0.3) is 0 Å². The van der Waals surface area contributed by atoms with E-state index in [2.05, 4.69) is 14.7 Å². The summed E-state index contributed by atoms with van der Waals surface area (Å²) in [5.74, 6) is -2.33. The Balaban J connectivity index is 1.69. The third-order valence-electron chi connectivity index (χ3n) is 4.77. The van der Waals surface area contributed by atoms with Gasteiger partial charge in [0.05, 0.1) is 12.2 Å². The average Bonchev–Trinajstić information content (AvgIpc) is 3.00. The minimum Gasteiger partial charge on any atom is -0.406 e. The van der Waals surface area contributed by atoms with Gasteiger partial charge < -0.3 is 4.74 Å². The smallest absolute Gasteiger partial charge is 0.406 e. The lowest BCUT2D eigenvalue weighted by atomic mass is 9.96. The van der Waals surface area contributed by atoms with E-state index in [0.717, 1.165) is 17.0 Å². The van der Waals surface area contributed by atoms with Crippen LogP contribution in [0.15, 0.2) is 84.1 Å². The number of carbonyl (C=O) groups excluding carboxylic acids is 2. The van der Waals surface area contributed by atoms with Gasteiger partial charge in [0, 0.05) is 12.4 Å². The maximum atomic E-state index is 13.2. The molecule has 3 aromatic rings. The Hall–Kier alpha value is -4.01. The van der Waals surface area contributed by atoms with Gasteiger partial charge in [-0.3, -0.25) is 19.5 Å². The van der Waals surface area contributed by atoms with Crippen LogP contribution in [0, 0.1) is 0 Å². The number of carbonyl (C=O) groups is 2. The van der Waals surface area contributed by atoms with Crippen LogP contribution in [0.1, 0.15) is 17.0 Å². The maximum Gasteiger partial charge on any atom is 0.573 e. The largest absolute Gasteiger partial charge is 0.573 e. The molecule has 1 saturated heterocycles. The van der Waals surface area contributed by atoms with E-state index in [-0.39, 0.29) is 17.9 Å². The topological polar surface area (TPSA) is 71.9 Å². The van der Waals surface area contributed by atoms with Gasteiger partial charge in [0.25, 0.3) is 5.91 Å². The van der Waals surface area contributed by atoms with Gasteiger partial charge in [0.1, 0.15) is 17.4 Å². The molecule has 1 atom stereocenters. The van der Waals surface area contributed by atoms with Crippen LogP contribution >= 0.6 is 0 Å². The molecule has 1 aliphatic heterocycles. The Morgan fingerprint density at radius 2 is 1.69 bits per heavy atom. The zero-order valence-electron chi connectivity index (χ0n) is 16.5. The summed E-state index contributed by atoms with van der Waals surface area (Å²) in [4.78, 5) is 35.8. The minimum absolute atomic E-state index is 0.00502. The number of hydrogen-bond donors (Lipinski definition) is 0. The molecule has 9 heteroatoms. The number of imide groups is 1. The maximum absolute atomic E-state index is 13.2. The summed E-state index contributed by atoms with van der Waals surface area (Å²) in [5, 5.41) is 0. The SMILES string of the molecule is O=C1C(=Nc2ccc(OC(F)(F)F)cc2)C(c2ccccc2)C(=O)N1Cc1cccnc1. The van der Waals surface area contributed by atoms with Gasteiger partial charge in [0.2, 0.25) is 5.91 Å². The van der Waals surface area contributed by atoms with E-state index in [9.17, 15) is 22.8 Å². The highest BCUT2D eigenvalue weighted by molar-refractivity contribution is 6.52. The summed E-state index contributed by atoms with van der Waals surface area (Å²) < 4.78 is 41.0. The Labute approximate surface area is 181 Å². The highest BCUT2D eigenvalue weighted by Crippen LogP contribution is 2.32. The first kappa shape index (κ1) is 21.2. The molecule has 1 fully saturated rings. The van der Waals surface area contributed by atoms with Crippen LogP contribution in [0.5, 0.6) is 5.75 Å². The first-order valence-corrected chi connectivity index (χ1v) is 9.56. The lowest BCUT2D eigenvalue weighted by molar-refractivity contribution is -0.274. The van der Waals surface area contributed by atoms with Crippen molar-refractivity contribution in [2.45, 2.75) is 18.8 Å². The lowest BCUT2D eigenvalue weighted by Crippen LogP contribution is -2.30. The predicted molar refractivity (Wildman–Crippen MR) is 109 cm³/mol. The molecule has 2 aromatic carbocycles. The first-order chi connectivity index (χ1) is 15.3. The third kappa shape index (κ3) is 4.66. The number of rotatable bonds is 5. The molecule has 1 aliphatic rings. The van der Waals surface area contributed by atoms with Gasteiger partial charge in [-0.05, 0) is 41.5 Å². The van der Waals surface area contributed by atoms with Crippen molar-refractivity contribution >= 4 is 23.2 Å². The number of ether oxygens (including phenoxy) is 1. The molecule has 0 bridgehead atoms. The van der Waals surface area contributed by atoms with Gasteiger partial charge in [0.15, 0.2) is 0 Å². The summed E-state index contributed by atoms with van der Waals surface area (Å²) in [7, 11) is 0. The summed E-state index contributed by atoms with van der Waals surface area (Å²) >= 11 is 0. The van der Waals surface area contributed by atoms with E-state index >= 15 is 0 Å². The molecule has 0 aliphatic carbocycles. The summed E-state index contributed by atoms with van der Waals surface area (Å²) in [5.41, 5.74) is 1.49. The van der Waals surface area contributed by atoms with E-state index in [1.54, 1.807) is 54.9 Å². The Morgan fingerprint density at radius 3 is 2.31 bits per heavy atom. The number of benzene rings is 2. The fourth-order valence-electron chi connectivity index (χ4n) is 3.38. The van der Waals surface area contributed by atoms with E-state index in [1.807, 2.05) is 0 Å². The third-order valence-corrected chi connectivity index (χ3v) is 4.77. The van der Waals surface area contributed by atoms with Gasteiger partial charge >= 0.3 is 6.36 Å². The second kappa shape index (κ2) is 8.62. The molecular formula is C23H16F3N3O3. The molecular weight excluding hydrogens is 423 g/mol. The number of alkyl halides is 3. The molecule has 0 radical (unpaired) electrons. The minimum atomic E-state index is -4.81. The first-order valence-electron chi connectivity index (χ1n) is 9.56. The number of amides is 2. The Morgan fingerprint density at radius 1 is 0.969 bits per heavy atom. The zero-order valence-corrected chi connectivity index (χ0v) is 16.5. The molecule has 0 spiro atoms. The van der Waals surface area contributed by atoms with Crippen molar-refractivity contribution in [2.75, 3.05) is 0 Å². The predicted octanol–water partition coefficient (Wildman–Crippen LogP) is 4.41. The van der Waals surface area contributed by atoms with Gasteiger partial charge in [-0.1, -0.05) is 36.4 Å². The van der Waals surface area contributed by atoms with E-state index in [4.69, 9.17) is 0 Å². The second-order valence-corrected chi connectivity index (χ2v) is 6.97. The van der Waals surface area contributed by atoms with E-state index in [0.29, 0.717) is 11.1 Å². The lowest BCUT2D eigenvalue weighted by Gasteiger charge is -2.14. The second-order valence-electron chi connectivity index (χ2n) is 6.97. The van der Waals surface area contributed by atoms with Crippen molar-refractivity contribution in [2.24, 2.45) is 4.99 Å². The van der Waals surface area contributed by atoms with Crippen molar-refractivity contribution in [1.29, 1.82) is 0 Å². The Bertz CT molecular complexity index is 1150. The molecule has 2 amide bonds. The van der Waals surface area contributed by atoms with Crippen molar-refractivity contribution in [1.82, 2.24) is 9.88 Å². The molecule has 1 unspecified atom stereocenters. The molecule has 4 rings (SSSR count). The quantitative estimate of drug-likeness (QED) is 0.553. The number of aromatic nitrogens is 1. The van der Waals surface area contributed by atoms with Crippen LogP contribution in [0.3, 0.4) is 0 Å². The molecule has 0 N–H and O–H groups in total. The summed E-state index contributed by atoms with van der Waals surface area (Å²) in [6.45, 7) is 0.0339. The van der Waals surface area contributed by atoms with Crippen molar-refractivity contribution in [3.8, 4) is 5.75 Å². The number of nitrogens with zero attached hydrogens (tertiary/aromatic N) is 3. The summed E-state index contributed by atoms with van der Waals surface area (Å²) in [6, 6.07) is 16.9. The number of likely N-dealkylation sites (tertiary alicyclic amines) is 1. The van der Waals surface area contributed by atoms with Crippen molar-refractivity contribution in [3.63, 3.8) is 0 Å². The average molecular weight is 439 g/mol. The highest BCUT2D eigenvalue weighted by atomic mass is 19.4. The van der Waals surface area contributed by atoms with Gasteiger partial charge in [-0.15, -0.1) is 13.2 Å². The van der Waals surface area contributed by atoms with Gasteiger partial charge in [-0.2, -0.15) is 0 Å². The number of halogens is 3. The van der Waals surface area contributed by atoms with E-state index < -0.39 is 29.8 Å². The van der Waals surface area contributed by atoms with E-state index in [1.165, 1.54) is 12.1 Å². The molecule has 1 aromatic heterocycles. The van der Waals surface area contributed by atoms with Crippen molar-refractivity contribution < 1.29 is 27.5 Å². The normalized spacial score (nSPS) is 17.8. The van der Waals surface area contributed by atoms with Crippen molar-refractivity contribution in [3.05, 3.63) is 90.3 Å². The molecule has 2 heterocycles. The number of aliphatic imine (C=N–C) groups is 1. The highest BCUT2D eigenvalue weighted by Gasteiger charge is 2.45. The monoisotopic (exact) mass is 439 g/mol. The van der Waals surface area contributed by atoms with Crippen LogP contribution in [0.4, 0.5) is 18.9 Å². The zero-order chi connectivity index (χ0) is 22.7. The number of hydrogen-bond acceptors (Lipinski definition) is 5. The molecule has 162 valence electrons. The molecule has 32 heavy (non-hydrogen) atoms. The fraction of sp³-hybridized carbons (Fsp3) is 0.130. The molecule has 6 nitrogen and oxygen atoms in total. The van der Waals surface area contributed by atoms with Crippen LogP contribution in [0.2, 0.25) is 0 Å². The summed E-state index contributed by atoms with van der Waals surface area (Å²) in [6.07, 6.45) is -1.66. The van der Waals surface area contributed by atoms with Crippen LogP contribution in [-0.2, 0) is 16.1 Å². The number of pyridine rings is 1. The van der Waals surface area contributed by atoms with Crippen LogP contribution < -0.4 is 4.74 Å².